The Morgan fingerprint density at radius 1 is 0.909 bits per heavy atom. The van der Waals surface area contributed by atoms with Gasteiger partial charge in [0.05, 0.1) is 11.3 Å². The van der Waals surface area contributed by atoms with Gasteiger partial charge in [-0.1, -0.05) is 97.1 Å². The van der Waals surface area contributed by atoms with Gasteiger partial charge in [-0.25, -0.2) is 9.07 Å². The molecule has 0 amide bonds. The van der Waals surface area contributed by atoms with E-state index in [0.29, 0.717) is 46.9 Å². The van der Waals surface area contributed by atoms with Crippen LogP contribution in [0.5, 0.6) is 5.75 Å². The molecule has 6 rings (SSSR count). The minimum Gasteiger partial charge on any atom is -0.488 e. The van der Waals surface area contributed by atoms with Crippen LogP contribution in [-0.2, 0) is 22.5 Å². The van der Waals surface area contributed by atoms with E-state index < -0.39 is 6.04 Å². The summed E-state index contributed by atoms with van der Waals surface area (Å²) in [6.07, 6.45) is 5.47. The van der Waals surface area contributed by atoms with Gasteiger partial charge in [-0.3, -0.25) is 4.79 Å². The monoisotopic (exact) mass is 586 g/mol. The summed E-state index contributed by atoms with van der Waals surface area (Å²) in [5.41, 5.74) is 4.73. The fourth-order valence-corrected chi connectivity index (χ4v) is 5.28. The largest absolute Gasteiger partial charge is 0.488 e. The molecule has 0 aliphatic carbocycles. The highest BCUT2D eigenvalue weighted by Crippen LogP contribution is 2.35. The van der Waals surface area contributed by atoms with Crippen LogP contribution >= 0.6 is 0 Å². The summed E-state index contributed by atoms with van der Waals surface area (Å²) in [6.45, 7) is 2.31. The number of rotatable bonds is 10. The maximum Gasteiger partial charge on any atom is 0.275 e. The molecule has 1 atom stereocenters. The number of nitrogens with zero attached hydrogens (tertiary/aromatic N) is 2. The van der Waals surface area contributed by atoms with E-state index in [4.69, 9.17) is 19.3 Å². The maximum atomic E-state index is 14.5. The van der Waals surface area contributed by atoms with Gasteiger partial charge in [0.15, 0.2) is 5.76 Å². The zero-order valence-corrected chi connectivity index (χ0v) is 24.2. The first kappa shape index (κ1) is 28.7. The minimum absolute atomic E-state index is 0.0743. The lowest BCUT2D eigenvalue weighted by molar-refractivity contribution is 0.0698. The van der Waals surface area contributed by atoms with Crippen molar-refractivity contribution >= 4 is 12.2 Å². The van der Waals surface area contributed by atoms with Gasteiger partial charge in [0, 0.05) is 17.5 Å². The number of halogens is 1. The number of benzene rings is 4. The van der Waals surface area contributed by atoms with E-state index in [0.717, 1.165) is 16.7 Å². The molecule has 0 fully saturated rings. The number of ether oxygens (including phenoxy) is 3. The third-order valence-corrected chi connectivity index (χ3v) is 7.40. The summed E-state index contributed by atoms with van der Waals surface area (Å²) in [7, 11) is 0. The predicted octanol–water partition coefficient (Wildman–Crippen LogP) is 7.74. The number of aromatic nitrogens is 2. The van der Waals surface area contributed by atoms with Gasteiger partial charge < -0.3 is 14.2 Å². The zero-order valence-electron chi connectivity index (χ0n) is 24.2. The van der Waals surface area contributed by atoms with Gasteiger partial charge in [-0.2, -0.15) is 5.10 Å². The second-order valence-corrected chi connectivity index (χ2v) is 10.4. The van der Waals surface area contributed by atoms with Crippen LogP contribution < -0.4 is 10.3 Å². The van der Waals surface area contributed by atoms with Crippen molar-refractivity contribution in [1.29, 1.82) is 0 Å². The molecule has 6 nitrogen and oxygen atoms in total. The van der Waals surface area contributed by atoms with Crippen molar-refractivity contribution in [3.05, 3.63) is 165 Å². The highest BCUT2D eigenvalue weighted by molar-refractivity contribution is 5.84. The molecule has 5 aromatic rings. The lowest BCUT2D eigenvalue weighted by Crippen LogP contribution is -2.33. The van der Waals surface area contributed by atoms with E-state index in [-0.39, 0.29) is 18.2 Å². The molecule has 1 unspecified atom stereocenters. The maximum absolute atomic E-state index is 14.5. The Kier molecular flexibility index (Phi) is 8.64. The lowest BCUT2D eigenvalue weighted by Gasteiger charge is -2.22. The quantitative estimate of drug-likeness (QED) is 0.168. The van der Waals surface area contributed by atoms with Crippen molar-refractivity contribution in [2.45, 2.75) is 26.0 Å². The summed E-state index contributed by atoms with van der Waals surface area (Å²) >= 11 is 0. The SMILES string of the molecule is Cc1nn(C(Cc2ccccc2)C2=COCO2)c(=O)c(C=Cc2cccc(F)c2)c1-c1ccccc1OCc1ccccc1. The Balaban J connectivity index is 1.50. The van der Waals surface area contributed by atoms with Crippen LogP contribution in [0.1, 0.15) is 34.0 Å². The van der Waals surface area contributed by atoms with Crippen LogP contribution in [-0.4, -0.2) is 16.6 Å². The average molecular weight is 587 g/mol. The van der Waals surface area contributed by atoms with Gasteiger partial charge in [0.25, 0.3) is 5.56 Å². The smallest absolute Gasteiger partial charge is 0.275 e. The Bertz CT molecular complexity index is 1870. The van der Waals surface area contributed by atoms with Crippen molar-refractivity contribution in [2.75, 3.05) is 6.79 Å². The number of hydrogen-bond donors (Lipinski definition) is 0. The average Bonchev–Trinajstić information content (AvgIpc) is 3.59. The molecule has 0 bridgehead atoms. The molecular weight excluding hydrogens is 555 g/mol. The molecule has 44 heavy (non-hydrogen) atoms. The molecule has 220 valence electrons. The predicted molar refractivity (Wildman–Crippen MR) is 169 cm³/mol. The molecule has 7 heteroatoms. The number of allylic oxidation sites excluding steroid dienone is 1. The first-order chi connectivity index (χ1) is 21.6. The summed E-state index contributed by atoms with van der Waals surface area (Å²) in [5, 5.41) is 4.86. The molecule has 1 aliphatic heterocycles. The molecular formula is C37H31FN2O4. The van der Waals surface area contributed by atoms with Crippen molar-refractivity contribution in [3.63, 3.8) is 0 Å². The molecule has 0 N–H and O–H groups in total. The highest BCUT2D eigenvalue weighted by Gasteiger charge is 2.28. The number of hydrogen-bond acceptors (Lipinski definition) is 5. The van der Waals surface area contributed by atoms with E-state index in [1.54, 1.807) is 30.5 Å². The molecule has 1 aromatic heterocycles. The minimum atomic E-state index is -0.550. The van der Waals surface area contributed by atoms with Crippen LogP contribution in [0.4, 0.5) is 4.39 Å². The summed E-state index contributed by atoms with van der Waals surface area (Å²) in [4.78, 5) is 14.5. The zero-order chi connectivity index (χ0) is 30.3. The Morgan fingerprint density at radius 2 is 1.64 bits per heavy atom. The second-order valence-electron chi connectivity index (χ2n) is 10.4. The summed E-state index contributed by atoms with van der Waals surface area (Å²) < 4.78 is 33.0. The molecule has 1 aliphatic rings. The number of aryl methyl sites for hydroxylation is 1. The Hall–Kier alpha value is -5.43. The second kappa shape index (κ2) is 13.3. The van der Waals surface area contributed by atoms with Gasteiger partial charge in [-0.05, 0) is 47.9 Å². The van der Waals surface area contributed by atoms with Crippen LogP contribution in [0.3, 0.4) is 0 Å². The van der Waals surface area contributed by atoms with E-state index in [9.17, 15) is 9.18 Å². The normalized spacial score (nSPS) is 13.3. The van der Waals surface area contributed by atoms with Crippen LogP contribution in [0, 0.1) is 12.7 Å². The van der Waals surface area contributed by atoms with E-state index >= 15 is 0 Å². The third kappa shape index (κ3) is 6.47. The van der Waals surface area contributed by atoms with Crippen molar-refractivity contribution in [1.82, 2.24) is 9.78 Å². The first-order valence-electron chi connectivity index (χ1n) is 14.4. The third-order valence-electron chi connectivity index (χ3n) is 7.40. The summed E-state index contributed by atoms with van der Waals surface area (Å²) in [6, 6.07) is 33.0. The first-order valence-corrected chi connectivity index (χ1v) is 14.4. The van der Waals surface area contributed by atoms with Gasteiger partial charge in [-0.15, -0.1) is 0 Å². The lowest BCUT2D eigenvalue weighted by atomic mass is 9.97. The van der Waals surface area contributed by atoms with Crippen LogP contribution in [0.25, 0.3) is 23.3 Å². The number of para-hydroxylation sites is 1. The van der Waals surface area contributed by atoms with Gasteiger partial charge in [0.2, 0.25) is 6.79 Å². The topological polar surface area (TPSA) is 62.6 Å². The van der Waals surface area contributed by atoms with Gasteiger partial charge in [0.1, 0.15) is 30.5 Å². The highest BCUT2D eigenvalue weighted by atomic mass is 19.1. The summed E-state index contributed by atoms with van der Waals surface area (Å²) in [5.74, 6) is 0.778. The molecule has 0 saturated heterocycles. The van der Waals surface area contributed by atoms with Crippen molar-refractivity contribution < 1.29 is 18.6 Å². The molecule has 2 heterocycles. The molecule has 4 aromatic carbocycles. The van der Waals surface area contributed by atoms with Crippen molar-refractivity contribution in [3.8, 4) is 16.9 Å². The van der Waals surface area contributed by atoms with E-state index in [1.807, 2.05) is 91.9 Å². The fourth-order valence-electron chi connectivity index (χ4n) is 5.28. The van der Waals surface area contributed by atoms with Crippen LogP contribution in [0.15, 0.2) is 126 Å². The van der Waals surface area contributed by atoms with E-state index in [2.05, 4.69) is 0 Å². The van der Waals surface area contributed by atoms with Crippen molar-refractivity contribution in [2.24, 2.45) is 0 Å². The fraction of sp³-hybridized carbons (Fsp3) is 0.135. The van der Waals surface area contributed by atoms with Crippen LogP contribution in [0.2, 0.25) is 0 Å². The Morgan fingerprint density at radius 3 is 2.36 bits per heavy atom. The molecule has 0 spiro atoms. The van der Waals surface area contributed by atoms with Gasteiger partial charge >= 0.3 is 0 Å². The molecule has 0 saturated carbocycles. The molecule has 0 radical (unpaired) electrons. The standard InChI is InChI=1S/C37H31FN2O4/c1-26-36(31-17-8-9-18-34(31)43-23-29-13-6-3-7-14-29)32(20-19-28-15-10-16-30(38)21-28)37(41)40(39-26)33(35-24-42-25-44-35)22-27-11-4-2-5-12-27/h2-21,24,33H,22-23,25H2,1H3. The van der Waals surface area contributed by atoms with E-state index in [1.165, 1.54) is 16.8 Å². The Labute approximate surface area is 255 Å².